The van der Waals surface area contributed by atoms with Gasteiger partial charge in [0.25, 0.3) is 5.56 Å². The first-order valence-electron chi connectivity index (χ1n) is 9.30. The van der Waals surface area contributed by atoms with E-state index in [1.54, 1.807) is 35.9 Å². The maximum atomic E-state index is 12.7. The third-order valence-electron chi connectivity index (χ3n) is 4.54. The van der Waals surface area contributed by atoms with E-state index in [0.29, 0.717) is 23.3 Å². The van der Waals surface area contributed by atoms with Crippen molar-refractivity contribution in [3.05, 3.63) is 50.1 Å². The molecule has 2 heterocycles. The van der Waals surface area contributed by atoms with Crippen LogP contribution in [0.5, 0.6) is 5.75 Å². The van der Waals surface area contributed by atoms with E-state index in [-0.39, 0.29) is 24.3 Å². The van der Waals surface area contributed by atoms with Crippen LogP contribution >= 0.6 is 11.6 Å². The molecule has 0 radical (unpaired) electrons. The lowest BCUT2D eigenvalue weighted by molar-refractivity contribution is 0.0938. The van der Waals surface area contributed by atoms with Gasteiger partial charge in [-0.15, -0.1) is 0 Å². The zero-order chi connectivity index (χ0) is 21.1. The average Bonchev–Trinajstić information content (AvgIpc) is 3.06. The lowest BCUT2D eigenvalue weighted by atomic mass is 10.3. The molecule has 0 saturated heterocycles. The van der Waals surface area contributed by atoms with E-state index >= 15 is 0 Å². The van der Waals surface area contributed by atoms with Gasteiger partial charge in [0.05, 0.1) is 11.6 Å². The summed E-state index contributed by atoms with van der Waals surface area (Å²) in [5, 5.41) is 14.1. The number of para-hydroxylation sites is 1. The number of nitrogens with zero attached hydrogens (tertiary/aromatic N) is 4. The van der Waals surface area contributed by atoms with Crippen LogP contribution in [0.25, 0.3) is 11.2 Å². The standard InChI is InChI=1S/C19H24ClN5O4/c1-4-9-21-18-22-16-15(17(27)24(3)19(28)23(16)2)25(18)10-12(26)11-29-14-8-6-5-7-13(14)20/h5-8,12,26H,4,9-11H2,1-3H3,(H,21,22)/t12-/m0/s1. The van der Waals surface area contributed by atoms with Gasteiger partial charge in [0.2, 0.25) is 5.95 Å². The SMILES string of the molecule is CCCNc1nc2c(c(=O)n(C)c(=O)n2C)n1C[C@H](O)COc1ccccc1Cl. The summed E-state index contributed by atoms with van der Waals surface area (Å²) < 4.78 is 9.53. The fraction of sp³-hybridized carbons (Fsp3) is 0.421. The van der Waals surface area contributed by atoms with E-state index in [2.05, 4.69) is 10.3 Å². The maximum absolute atomic E-state index is 12.7. The lowest BCUT2D eigenvalue weighted by Crippen LogP contribution is -2.38. The van der Waals surface area contributed by atoms with E-state index in [1.807, 2.05) is 6.92 Å². The van der Waals surface area contributed by atoms with Gasteiger partial charge in [0.15, 0.2) is 11.2 Å². The van der Waals surface area contributed by atoms with Crippen LogP contribution in [-0.2, 0) is 20.6 Å². The summed E-state index contributed by atoms with van der Waals surface area (Å²) in [4.78, 5) is 29.4. The monoisotopic (exact) mass is 421 g/mol. The zero-order valence-electron chi connectivity index (χ0n) is 16.6. The highest BCUT2D eigenvalue weighted by Crippen LogP contribution is 2.23. The molecule has 10 heteroatoms. The maximum Gasteiger partial charge on any atom is 0.332 e. The summed E-state index contributed by atoms with van der Waals surface area (Å²) in [6.07, 6.45) is -0.0917. The van der Waals surface area contributed by atoms with Gasteiger partial charge in [-0.2, -0.15) is 4.98 Å². The number of aliphatic hydroxyl groups is 1. The molecule has 0 aliphatic heterocycles. The first-order chi connectivity index (χ1) is 13.8. The Balaban J connectivity index is 1.95. The molecule has 0 unspecified atom stereocenters. The second-order valence-corrected chi connectivity index (χ2v) is 7.15. The van der Waals surface area contributed by atoms with Crippen LogP contribution in [0.2, 0.25) is 5.02 Å². The Morgan fingerprint density at radius 3 is 2.66 bits per heavy atom. The van der Waals surface area contributed by atoms with Gasteiger partial charge in [0, 0.05) is 20.6 Å². The van der Waals surface area contributed by atoms with Crippen molar-refractivity contribution in [2.45, 2.75) is 26.0 Å². The molecule has 0 fully saturated rings. The molecule has 0 saturated carbocycles. The van der Waals surface area contributed by atoms with Gasteiger partial charge >= 0.3 is 5.69 Å². The summed E-state index contributed by atoms with van der Waals surface area (Å²) in [5.74, 6) is 0.878. The van der Waals surface area contributed by atoms with Crippen LogP contribution in [0, 0.1) is 0 Å². The van der Waals surface area contributed by atoms with E-state index in [1.165, 1.54) is 11.6 Å². The third kappa shape index (κ3) is 4.15. The van der Waals surface area contributed by atoms with Gasteiger partial charge < -0.3 is 19.7 Å². The number of aliphatic hydroxyl groups excluding tert-OH is 1. The molecule has 1 aromatic carbocycles. The van der Waals surface area contributed by atoms with Crippen molar-refractivity contribution in [1.29, 1.82) is 0 Å². The number of halogens is 1. The predicted octanol–water partition coefficient (Wildman–Crippen LogP) is 1.35. The summed E-state index contributed by atoms with van der Waals surface area (Å²) in [7, 11) is 2.97. The number of imidazole rings is 1. The van der Waals surface area contributed by atoms with Crippen molar-refractivity contribution in [2.75, 3.05) is 18.5 Å². The van der Waals surface area contributed by atoms with Gasteiger partial charge in [-0.3, -0.25) is 13.9 Å². The van der Waals surface area contributed by atoms with E-state index in [4.69, 9.17) is 16.3 Å². The van der Waals surface area contributed by atoms with E-state index in [0.717, 1.165) is 11.0 Å². The number of aromatic nitrogens is 4. The van der Waals surface area contributed by atoms with Gasteiger partial charge in [-0.25, -0.2) is 4.79 Å². The summed E-state index contributed by atoms with van der Waals surface area (Å²) in [5.41, 5.74) is -0.433. The Labute approximate surface area is 172 Å². The second-order valence-electron chi connectivity index (χ2n) is 6.75. The number of hydrogen-bond donors (Lipinski definition) is 2. The number of rotatable bonds is 8. The third-order valence-corrected chi connectivity index (χ3v) is 4.85. The summed E-state index contributed by atoms with van der Waals surface area (Å²) >= 11 is 6.07. The molecular formula is C19H24ClN5O4. The predicted molar refractivity (Wildman–Crippen MR) is 112 cm³/mol. The van der Waals surface area contributed by atoms with Gasteiger partial charge in [-0.05, 0) is 18.6 Å². The number of aryl methyl sites for hydroxylation is 1. The average molecular weight is 422 g/mol. The molecular weight excluding hydrogens is 398 g/mol. The van der Waals surface area contributed by atoms with Crippen molar-refractivity contribution in [3.63, 3.8) is 0 Å². The summed E-state index contributed by atoms with van der Waals surface area (Å²) in [6, 6.07) is 6.98. The van der Waals surface area contributed by atoms with Crippen molar-refractivity contribution < 1.29 is 9.84 Å². The van der Waals surface area contributed by atoms with E-state index in [9.17, 15) is 14.7 Å². The molecule has 3 rings (SSSR count). The molecule has 29 heavy (non-hydrogen) atoms. The number of anilines is 1. The first kappa shape index (κ1) is 20.9. The largest absolute Gasteiger partial charge is 0.489 e. The van der Waals surface area contributed by atoms with Crippen LogP contribution < -0.4 is 21.3 Å². The zero-order valence-corrected chi connectivity index (χ0v) is 17.3. The highest BCUT2D eigenvalue weighted by molar-refractivity contribution is 6.32. The summed E-state index contributed by atoms with van der Waals surface area (Å²) in [6.45, 7) is 2.66. The van der Waals surface area contributed by atoms with Crippen molar-refractivity contribution in [3.8, 4) is 5.75 Å². The van der Waals surface area contributed by atoms with Gasteiger partial charge in [-0.1, -0.05) is 30.7 Å². The van der Waals surface area contributed by atoms with Crippen molar-refractivity contribution in [2.24, 2.45) is 14.1 Å². The minimum atomic E-state index is -0.937. The van der Waals surface area contributed by atoms with Crippen molar-refractivity contribution in [1.82, 2.24) is 18.7 Å². The second kappa shape index (κ2) is 8.71. The Bertz CT molecular complexity index is 1130. The Morgan fingerprint density at radius 2 is 1.97 bits per heavy atom. The minimum absolute atomic E-state index is 0.0251. The Morgan fingerprint density at radius 1 is 1.24 bits per heavy atom. The number of benzene rings is 1. The number of nitrogens with one attached hydrogen (secondary N) is 1. The van der Waals surface area contributed by atoms with Gasteiger partial charge in [0.1, 0.15) is 18.5 Å². The fourth-order valence-corrected chi connectivity index (χ4v) is 3.20. The molecule has 0 spiro atoms. The molecule has 2 aromatic heterocycles. The Hall–Kier alpha value is -2.78. The van der Waals surface area contributed by atoms with Crippen LogP contribution in [0.3, 0.4) is 0 Å². The lowest BCUT2D eigenvalue weighted by Gasteiger charge is -2.16. The number of hydrogen-bond acceptors (Lipinski definition) is 6. The fourth-order valence-electron chi connectivity index (χ4n) is 3.01. The molecule has 0 aliphatic rings. The first-order valence-corrected chi connectivity index (χ1v) is 9.68. The quantitative estimate of drug-likeness (QED) is 0.569. The number of fused-ring (bicyclic) bond motifs is 1. The minimum Gasteiger partial charge on any atom is -0.489 e. The molecule has 2 N–H and O–H groups in total. The Kier molecular flexibility index (Phi) is 6.29. The number of ether oxygens (including phenoxy) is 1. The van der Waals surface area contributed by atoms with Crippen LogP contribution in [-0.4, -0.2) is 43.0 Å². The van der Waals surface area contributed by atoms with Crippen LogP contribution in [0.15, 0.2) is 33.9 Å². The molecule has 1 atom stereocenters. The smallest absolute Gasteiger partial charge is 0.332 e. The normalized spacial score (nSPS) is 12.3. The molecule has 156 valence electrons. The molecule has 9 nitrogen and oxygen atoms in total. The molecule has 3 aromatic rings. The highest BCUT2D eigenvalue weighted by Gasteiger charge is 2.21. The topological polar surface area (TPSA) is 103 Å². The van der Waals surface area contributed by atoms with Crippen LogP contribution in [0.1, 0.15) is 13.3 Å². The molecule has 0 aliphatic carbocycles. The molecule has 0 bridgehead atoms. The van der Waals surface area contributed by atoms with E-state index < -0.39 is 17.4 Å². The molecule has 0 amide bonds. The van der Waals surface area contributed by atoms with Crippen LogP contribution in [0.4, 0.5) is 5.95 Å². The highest BCUT2D eigenvalue weighted by atomic mass is 35.5. The van der Waals surface area contributed by atoms with Crippen molar-refractivity contribution >= 4 is 28.7 Å².